The number of carbonyl (C=O) groups excluding carboxylic acids is 2. The van der Waals surface area contributed by atoms with Crippen molar-refractivity contribution in [1.29, 1.82) is 0 Å². The lowest BCUT2D eigenvalue weighted by molar-refractivity contribution is -0.137. The largest absolute Gasteiger partial charge is 0.417 e. The van der Waals surface area contributed by atoms with Gasteiger partial charge in [0.15, 0.2) is 0 Å². The van der Waals surface area contributed by atoms with Gasteiger partial charge in [0, 0.05) is 11.4 Å². The second-order valence-electron chi connectivity index (χ2n) is 6.43. The van der Waals surface area contributed by atoms with Crippen LogP contribution >= 0.6 is 11.6 Å². The van der Waals surface area contributed by atoms with Crippen LogP contribution < -0.4 is 10.6 Å². The fourth-order valence-electron chi connectivity index (χ4n) is 2.77. The van der Waals surface area contributed by atoms with Crippen LogP contribution in [0, 0.1) is 18.8 Å². The normalized spacial score (nSPS) is 18.7. The van der Waals surface area contributed by atoms with Gasteiger partial charge in [0.25, 0.3) is 0 Å². The van der Waals surface area contributed by atoms with E-state index >= 15 is 0 Å². The third-order valence-corrected chi connectivity index (χ3v) is 4.74. The van der Waals surface area contributed by atoms with Crippen LogP contribution in [0.5, 0.6) is 0 Å². The summed E-state index contributed by atoms with van der Waals surface area (Å²) >= 11 is 5.56. The molecule has 4 nitrogen and oxygen atoms in total. The molecule has 2 unspecified atom stereocenters. The number of anilines is 2. The number of hydrogen-bond acceptors (Lipinski definition) is 2. The molecule has 1 aliphatic rings. The molecule has 0 radical (unpaired) electrons. The molecule has 8 heteroatoms. The van der Waals surface area contributed by atoms with E-state index in [-0.39, 0.29) is 11.6 Å². The van der Waals surface area contributed by atoms with Gasteiger partial charge in [0.05, 0.1) is 22.4 Å². The number of rotatable bonds is 4. The van der Waals surface area contributed by atoms with Gasteiger partial charge in [-0.1, -0.05) is 29.8 Å². The van der Waals surface area contributed by atoms with Gasteiger partial charge in [-0.2, -0.15) is 13.2 Å². The Morgan fingerprint density at radius 1 is 1.04 bits per heavy atom. The molecule has 2 atom stereocenters. The molecule has 0 bridgehead atoms. The topological polar surface area (TPSA) is 58.2 Å². The Bertz CT molecular complexity index is 899. The van der Waals surface area contributed by atoms with Gasteiger partial charge in [-0.05, 0) is 43.2 Å². The number of carbonyl (C=O) groups is 2. The van der Waals surface area contributed by atoms with Crippen molar-refractivity contribution < 1.29 is 22.8 Å². The minimum Gasteiger partial charge on any atom is -0.326 e. The van der Waals surface area contributed by atoms with Gasteiger partial charge in [0.2, 0.25) is 11.8 Å². The summed E-state index contributed by atoms with van der Waals surface area (Å²) in [6.07, 6.45) is -4.27. The van der Waals surface area contributed by atoms with Crippen molar-refractivity contribution in [3.8, 4) is 0 Å². The lowest BCUT2D eigenvalue weighted by atomic mass is 10.1. The molecule has 0 spiro atoms. The highest BCUT2D eigenvalue weighted by Crippen LogP contribution is 2.41. The van der Waals surface area contributed by atoms with Gasteiger partial charge in [-0.25, -0.2) is 0 Å². The number of para-hydroxylation sites is 1. The monoisotopic (exact) mass is 396 g/mol. The van der Waals surface area contributed by atoms with Crippen molar-refractivity contribution in [3.63, 3.8) is 0 Å². The summed E-state index contributed by atoms with van der Waals surface area (Å²) in [5.74, 6) is -1.84. The first kappa shape index (κ1) is 19.2. The predicted molar refractivity (Wildman–Crippen MR) is 96.5 cm³/mol. The van der Waals surface area contributed by atoms with E-state index in [1.165, 1.54) is 6.07 Å². The Morgan fingerprint density at radius 3 is 2.30 bits per heavy atom. The highest BCUT2D eigenvalue weighted by atomic mass is 35.5. The first-order valence-corrected chi connectivity index (χ1v) is 8.58. The lowest BCUT2D eigenvalue weighted by Gasteiger charge is -2.12. The summed E-state index contributed by atoms with van der Waals surface area (Å²) in [6, 6.07) is 10.4. The molecule has 0 saturated heterocycles. The molecule has 0 heterocycles. The average Bonchev–Trinajstić information content (AvgIpc) is 3.38. The van der Waals surface area contributed by atoms with E-state index in [9.17, 15) is 22.8 Å². The van der Waals surface area contributed by atoms with Gasteiger partial charge >= 0.3 is 6.18 Å². The average molecular weight is 397 g/mol. The maximum atomic E-state index is 12.9. The molecule has 0 aromatic heterocycles. The van der Waals surface area contributed by atoms with Crippen molar-refractivity contribution in [3.05, 3.63) is 58.6 Å². The van der Waals surface area contributed by atoms with E-state index < -0.39 is 34.5 Å². The minimum atomic E-state index is -4.62. The van der Waals surface area contributed by atoms with E-state index in [0.717, 1.165) is 17.7 Å². The fourth-order valence-corrected chi connectivity index (χ4v) is 2.99. The minimum absolute atomic E-state index is 0.0123. The number of benzene rings is 2. The van der Waals surface area contributed by atoms with Crippen LogP contribution in [0.4, 0.5) is 24.5 Å². The zero-order chi connectivity index (χ0) is 19.8. The Kier molecular flexibility index (Phi) is 5.15. The Balaban J connectivity index is 1.62. The quantitative estimate of drug-likeness (QED) is 0.773. The molecule has 1 aliphatic carbocycles. The Morgan fingerprint density at radius 2 is 1.67 bits per heavy atom. The molecule has 2 aromatic rings. The van der Waals surface area contributed by atoms with Crippen LogP contribution in [0.3, 0.4) is 0 Å². The lowest BCUT2D eigenvalue weighted by Crippen LogP contribution is -2.21. The van der Waals surface area contributed by atoms with E-state index in [1.807, 2.05) is 19.1 Å². The molecule has 0 aliphatic heterocycles. The van der Waals surface area contributed by atoms with Crippen LogP contribution in [0.2, 0.25) is 5.02 Å². The summed E-state index contributed by atoms with van der Waals surface area (Å²) < 4.78 is 38.7. The van der Waals surface area contributed by atoms with Crippen molar-refractivity contribution >= 4 is 34.8 Å². The van der Waals surface area contributed by atoms with Crippen LogP contribution in [0.25, 0.3) is 0 Å². The van der Waals surface area contributed by atoms with Crippen LogP contribution in [-0.2, 0) is 15.8 Å². The SMILES string of the molecule is Cc1ccccc1NC(=O)C1CC1C(=O)Nc1ccc(Cl)c(C(F)(F)F)c1. The molecule has 2 aromatic carbocycles. The highest BCUT2D eigenvalue weighted by Gasteiger charge is 2.48. The Labute approximate surface area is 158 Å². The third kappa shape index (κ3) is 4.42. The number of halogens is 4. The number of amides is 2. The molecule has 2 amide bonds. The molecule has 1 fully saturated rings. The zero-order valence-electron chi connectivity index (χ0n) is 14.2. The molecule has 27 heavy (non-hydrogen) atoms. The van der Waals surface area contributed by atoms with Crippen LogP contribution in [0.1, 0.15) is 17.5 Å². The summed E-state index contributed by atoms with van der Waals surface area (Å²) in [5, 5.41) is 4.76. The maximum absolute atomic E-state index is 12.9. The van der Waals surface area contributed by atoms with Gasteiger partial charge in [-0.15, -0.1) is 0 Å². The van der Waals surface area contributed by atoms with E-state index in [0.29, 0.717) is 12.1 Å². The standard InChI is InChI=1S/C19H16ClF3N2O2/c1-10-4-2-3-5-16(10)25-18(27)13-9-12(13)17(26)24-11-6-7-15(20)14(8-11)19(21,22)23/h2-8,12-13H,9H2,1H3,(H,24,26)(H,25,27). The summed E-state index contributed by atoms with van der Waals surface area (Å²) in [7, 11) is 0. The van der Waals surface area contributed by atoms with Crippen molar-refractivity contribution in [1.82, 2.24) is 0 Å². The number of nitrogens with one attached hydrogen (secondary N) is 2. The van der Waals surface area contributed by atoms with E-state index in [4.69, 9.17) is 11.6 Å². The third-order valence-electron chi connectivity index (χ3n) is 4.41. The summed E-state index contributed by atoms with van der Waals surface area (Å²) in [5.41, 5.74) is 0.530. The van der Waals surface area contributed by atoms with E-state index in [1.54, 1.807) is 12.1 Å². The van der Waals surface area contributed by atoms with Crippen LogP contribution in [-0.4, -0.2) is 11.8 Å². The van der Waals surface area contributed by atoms with Crippen molar-refractivity contribution in [2.45, 2.75) is 19.5 Å². The molecular weight excluding hydrogens is 381 g/mol. The van der Waals surface area contributed by atoms with Crippen molar-refractivity contribution in [2.75, 3.05) is 10.6 Å². The second-order valence-corrected chi connectivity index (χ2v) is 6.84. The molecule has 142 valence electrons. The molecule has 1 saturated carbocycles. The number of aryl methyl sites for hydroxylation is 1. The number of hydrogen-bond donors (Lipinski definition) is 2. The Hall–Kier alpha value is -2.54. The first-order chi connectivity index (χ1) is 12.7. The smallest absolute Gasteiger partial charge is 0.326 e. The summed E-state index contributed by atoms with van der Waals surface area (Å²) in [6.45, 7) is 1.85. The summed E-state index contributed by atoms with van der Waals surface area (Å²) in [4.78, 5) is 24.5. The molecule has 3 rings (SSSR count). The van der Waals surface area contributed by atoms with Crippen LogP contribution in [0.15, 0.2) is 42.5 Å². The first-order valence-electron chi connectivity index (χ1n) is 8.21. The van der Waals surface area contributed by atoms with Crippen molar-refractivity contribution in [2.24, 2.45) is 11.8 Å². The number of alkyl halides is 3. The zero-order valence-corrected chi connectivity index (χ0v) is 15.0. The molecule has 2 N–H and O–H groups in total. The maximum Gasteiger partial charge on any atom is 0.417 e. The highest BCUT2D eigenvalue weighted by molar-refractivity contribution is 6.31. The fraction of sp³-hybridized carbons (Fsp3) is 0.263. The second kappa shape index (κ2) is 7.23. The van der Waals surface area contributed by atoms with Gasteiger partial charge in [-0.3, -0.25) is 9.59 Å². The van der Waals surface area contributed by atoms with Gasteiger partial charge < -0.3 is 10.6 Å². The van der Waals surface area contributed by atoms with Gasteiger partial charge in [0.1, 0.15) is 0 Å². The van der Waals surface area contributed by atoms with E-state index in [2.05, 4.69) is 10.6 Å². The molecular formula is C19H16ClF3N2O2. The predicted octanol–water partition coefficient (Wildman–Crippen LogP) is 4.88.